The third-order valence-electron chi connectivity index (χ3n) is 5.23. The summed E-state index contributed by atoms with van der Waals surface area (Å²) in [5, 5.41) is 12.0. The Morgan fingerprint density at radius 3 is 2.46 bits per heavy atom. The van der Waals surface area contributed by atoms with Gasteiger partial charge in [-0.3, -0.25) is 9.59 Å². The molecular formula is C19H25N3O4. The monoisotopic (exact) mass is 359 g/mol. The maximum atomic E-state index is 12.3. The molecule has 26 heavy (non-hydrogen) atoms. The molecular weight excluding hydrogens is 334 g/mol. The summed E-state index contributed by atoms with van der Waals surface area (Å²) in [6.45, 7) is 2.06. The lowest BCUT2D eigenvalue weighted by Gasteiger charge is -2.36. The molecule has 0 saturated carbocycles. The van der Waals surface area contributed by atoms with Crippen molar-refractivity contribution in [1.82, 2.24) is 15.1 Å². The van der Waals surface area contributed by atoms with Crippen molar-refractivity contribution in [3.63, 3.8) is 0 Å². The van der Waals surface area contributed by atoms with Gasteiger partial charge in [-0.15, -0.1) is 0 Å². The van der Waals surface area contributed by atoms with Crippen molar-refractivity contribution in [3.8, 4) is 0 Å². The highest BCUT2D eigenvalue weighted by Gasteiger charge is 2.39. The van der Waals surface area contributed by atoms with E-state index in [1.54, 1.807) is 9.80 Å². The quantitative estimate of drug-likeness (QED) is 0.830. The van der Waals surface area contributed by atoms with Gasteiger partial charge in [-0.25, -0.2) is 4.79 Å². The molecule has 0 spiro atoms. The fourth-order valence-electron chi connectivity index (χ4n) is 3.70. The van der Waals surface area contributed by atoms with E-state index in [1.165, 1.54) is 5.56 Å². The number of hydrogen-bond acceptors (Lipinski definition) is 3. The number of rotatable bonds is 5. The first-order chi connectivity index (χ1) is 12.5. The van der Waals surface area contributed by atoms with Crippen LogP contribution in [0.3, 0.4) is 0 Å². The Hall–Kier alpha value is -2.57. The predicted molar refractivity (Wildman–Crippen MR) is 95.6 cm³/mol. The highest BCUT2D eigenvalue weighted by Crippen LogP contribution is 2.25. The number of carboxylic acid groups (broad SMARTS) is 1. The number of nitrogens with one attached hydrogen (secondary N) is 1. The summed E-state index contributed by atoms with van der Waals surface area (Å²) in [7, 11) is 0. The van der Waals surface area contributed by atoms with E-state index in [0.29, 0.717) is 39.0 Å². The Kier molecular flexibility index (Phi) is 5.75. The van der Waals surface area contributed by atoms with Gasteiger partial charge in [0.2, 0.25) is 5.91 Å². The van der Waals surface area contributed by atoms with E-state index in [0.717, 1.165) is 6.42 Å². The van der Waals surface area contributed by atoms with Gasteiger partial charge in [-0.05, 0) is 24.8 Å². The van der Waals surface area contributed by atoms with Gasteiger partial charge in [-0.1, -0.05) is 30.3 Å². The summed E-state index contributed by atoms with van der Waals surface area (Å²) in [6, 6.07) is 9.98. The molecule has 2 aliphatic rings. The van der Waals surface area contributed by atoms with E-state index in [2.05, 4.69) is 5.32 Å². The minimum Gasteiger partial charge on any atom is -0.481 e. The Labute approximate surface area is 153 Å². The highest BCUT2D eigenvalue weighted by molar-refractivity contribution is 5.86. The van der Waals surface area contributed by atoms with Crippen LogP contribution in [0, 0.1) is 5.92 Å². The highest BCUT2D eigenvalue weighted by atomic mass is 16.4. The van der Waals surface area contributed by atoms with E-state index >= 15 is 0 Å². The molecule has 1 aromatic rings. The fraction of sp³-hybridized carbons (Fsp3) is 0.526. The number of aliphatic carboxylic acids is 1. The van der Waals surface area contributed by atoms with Crippen molar-refractivity contribution >= 4 is 17.9 Å². The number of benzene rings is 1. The van der Waals surface area contributed by atoms with Crippen molar-refractivity contribution in [2.45, 2.75) is 31.7 Å². The number of urea groups is 1. The summed E-state index contributed by atoms with van der Waals surface area (Å²) in [4.78, 5) is 38.9. The van der Waals surface area contributed by atoms with Gasteiger partial charge in [-0.2, -0.15) is 0 Å². The Bertz CT molecular complexity index is 656. The van der Waals surface area contributed by atoms with Crippen LogP contribution in [-0.4, -0.2) is 65.0 Å². The van der Waals surface area contributed by atoms with Gasteiger partial charge >= 0.3 is 12.0 Å². The average molecular weight is 359 g/mol. The number of carbonyl (C=O) groups excluding carboxylic acids is 2. The molecule has 1 unspecified atom stereocenters. The largest absolute Gasteiger partial charge is 0.481 e. The molecule has 7 nitrogen and oxygen atoms in total. The lowest BCUT2D eigenvalue weighted by molar-refractivity contribution is -0.141. The molecule has 3 amide bonds. The van der Waals surface area contributed by atoms with E-state index in [1.807, 2.05) is 30.3 Å². The first-order valence-corrected chi connectivity index (χ1v) is 9.13. The minimum atomic E-state index is -0.906. The zero-order valence-corrected chi connectivity index (χ0v) is 14.8. The molecule has 2 fully saturated rings. The van der Waals surface area contributed by atoms with Crippen LogP contribution in [0.1, 0.15) is 24.8 Å². The van der Waals surface area contributed by atoms with Gasteiger partial charge in [0.05, 0.1) is 5.92 Å². The van der Waals surface area contributed by atoms with Crippen LogP contribution in [-0.2, 0) is 16.0 Å². The Balaban J connectivity index is 1.41. The molecule has 0 bridgehead atoms. The number of piperidine rings is 1. The molecule has 7 heteroatoms. The zero-order chi connectivity index (χ0) is 18.5. The summed E-state index contributed by atoms with van der Waals surface area (Å²) < 4.78 is 0. The van der Waals surface area contributed by atoms with E-state index in [-0.39, 0.29) is 24.4 Å². The lowest BCUT2D eigenvalue weighted by atomic mass is 10.0. The Morgan fingerprint density at radius 1 is 1.15 bits per heavy atom. The van der Waals surface area contributed by atoms with Crippen LogP contribution < -0.4 is 5.32 Å². The first kappa shape index (κ1) is 18.2. The first-order valence-electron chi connectivity index (χ1n) is 9.13. The molecule has 3 rings (SSSR count). The summed E-state index contributed by atoms with van der Waals surface area (Å²) >= 11 is 0. The number of amides is 3. The molecule has 2 heterocycles. The topological polar surface area (TPSA) is 90.0 Å². The van der Waals surface area contributed by atoms with Crippen molar-refractivity contribution in [3.05, 3.63) is 35.9 Å². The maximum absolute atomic E-state index is 12.3. The SMILES string of the molecule is O=C(O)C1CC(=O)N(C2CCN(C(=O)NCCc3ccccc3)CC2)C1. The third kappa shape index (κ3) is 4.33. The molecule has 1 aromatic carbocycles. The molecule has 140 valence electrons. The predicted octanol–water partition coefficient (Wildman–Crippen LogP) is 1.34. The number of carbonyl (C=O) groups is 3. The van der Waals surface area contributed by atoms with E-state index < -0.39 is 11.9 Å². The lowest BCUT2D eigenvalue weighted by Crippen LogP contribution is -2.50. The van der Waals surface area contributed by atoms with Crippen LogP contribution in [0.4, 0.5) is 4.79 Å². The van der Waals surface area contributed by atoms with Crippen LogP contribution in [0.5, 0.6) is 0 Å². The second-order valence-corrected chi connectivity index (χ2v) is 6.97. The minimum absolute atomic E-state index is 0.0419. The molecule has 0 aliphatic carbocycles. The molecule has 2 N–H and O–H groups in total. The normalized spacial score (nSPS) is 21.1. The van der Waals surface area contributed by atoms with Gasteiger partial charge in [0, 0.05) is 38.6 Å². The van der Waals surface area contributed by atoms with Gasteiger partial charge < -0.3 is 20.2 Å². The van der Waals surface area contributed by atoms with Crippen molar-refractivity contribution in [2.24, 2.45) is 5.92 Å². The smallest absolute Gasteiger partial charge is 0.317 e. The molecule has 1 atom stereocenters. The summed E-state index contributed by atoms with van der Waals surface area (Å²) in [6.07, 6.45) is 2.28. The average Bonchev–Trinajstić information content (AvgIpc) is 3.05. The van der Waals surface area contributed by atoms with Crippen molar-refractivity contribution < 1.29 is 19.5 Å². The Morgan fingerprint density at radius 2 is 1.85 bits per heavy atom. The number of carboxylic acids is 1. The van der Waals surface area contributed by atoms with Crippen molar-refractivity contribution in [1.29, 1.82) is 0 Å². The number of likely N-dealkylation sites (tertiary alicyclic amines) is 2. The third-order valence-corrected chi connectivity index (χ3v) is 5.23. The second kappa shape index (κ2) is 8.21. The summed E-state index contributed by atoms with van der Waals surface area (Å²) in [5.74, 6) is -1.58. The van der Waals surface area contributed by atoms with Crippen LogP contribution in [0.25, 0.3) is 0 Å². The molecule has 2 saturated heterocycles. The van der Waals surface area contributed by atoms with E-state index in [4.69, 9.17) is 5.11 Å². The standard InChI is InChI=1S/C19H25N3O4/c23-17-12-15(18(24)25)13-22(17)16-7-10-21(11-8-16)19(26)20-9-6-14-4-2-1-3-5-14/h1-5,15-16H,6-13H2,(H,20,26)(H,24,25). The van der Waals surface area contributed by atoms with Crippen LogP contribution in [0.15, 0.2) is 30.3 Å². The van der Waals surface area contributed by atoms with Crippen LogP contribution in [0.2, 0.25) is 0 Å². The summed E-state index contributed by atoms with van der Waals surface area (Å²) in [5.41, 5.74) is 1.19. The van der Waals surface area contributed by atoms with Crippen LogP contribution >= 0.6 is 0 Å². The number of hydrogen-bond donors (Lipinski definition) is 2. The zero-order valence-electron chi connectivity index (χ0n) is 14.8. The molecule has 0 aromatic heterocycles. The molecule has 0 radical (unpaired) electrons. The fourth-order valence-corrected chi connectivity index (χ4v) is 3.70. The van der Waals surface area contributed by atoms with E-state index in [9.17, 15) is 14.4 Å². The van der Waals surface area contributed by atoms with Gasteiger partial charge in [0.1, 0.15) is 0 Å². The second-order valence-electron chi connectivity index (χ2n) is 6.97. The molecule has 2 aliphatic heterocycles. The van der Waals surface area contributed by atoms with Gasteiger partial charge in [0.25, 0.3) is 0 Å². The van der Waals surface area contributed by atoms with Crippen molar-refractivity contribution in [2.75, 3.05) is 26.2 Å². The van der Waals surface area contributed by atoms with Gasteiger partial charge in [0.15, 0.2) is 0 Å². The maximum Gasteiger partial charge on any atom is 0.317 e. The number of nitrogens with zero attached hydrogens (tertiary/aromatic N) is 2.